The number of nitrogens with zero attached hydrogens (tertiary/aromatic N) is 1. The molecule has 1 aliphatic rings. The van der Waals surface area contributed by atoms with Crippen LogP contribution in [-0.2, 0) is 0 Å². The predicted molar refractivity (Wildman–Crippen MR) is 59.5 cm³/mol. The van der Waals surface area contributed by atoms with Crippen molar-refractivity contribution in [2.75, 3.05) is 19.5 Å². The van der Waals surface area contributed by atoms with E-state index < -0.39 is 0 Å². The van der Waals surface area contributed by atoms with Gasteiger partial charge >= 0.3 is 0 Å². The highest BCUT2D eigenvalue weighted by atomic mass is 35.5. The minimum absolute atomic E-state index is 0.832. The fourth-order valence-electron chi connectivity index (χ4n) is 1.82. The van der Waals surface area contributed by atoms with E-state index in [-0.39, 0.29) is 0 Å². The number of unbranched alkanes of at least 4 members (excludes halogenated alkanes) is 3. The molecule has 0 unspecified atom stereocenters. The highest BCUT2D eigenvalue weighted by Gasteiger charge is 2.20. The van der Waals surface area contributed by atoms with Crippen LogP contribution in [0.2, 0.25) is 0 Å². The first-order valence-corrected chi connectivity index (χ1v) is 6.14. The smallest absolute Gasteiger partial charge is 0.0223 e. The van der Waals surface area contributed by atoms with Gasteiger partial charge in [-0.15, -0.1) is 11.6 Å². The van der Waals surface area contributed by atoms with Gasteiger partial charge in [0, 0.05) is 11.9 Å². The normalized spacial score (nSPS) is 17.8. The van der Waals surface area contributed by atoms with Crippen LogP contribution in [-0.4, -0.2) is 30.4 Å². The topological polar surface area (TPSA) is 3.24 Å². The minimum Gasteiger partial charge on any atom is -0.303 e. The van der Waals surface area contributed by atoms with E-state index in [0.717, 1.165) is 11.9 Å². The Morgan fingerprint density at radius 1 is 1.15 bits per heavy atom. The summed E-state index contributed by atoms with van der Waals surface area (Å²) in [6.45, 7) is 1.28. The average molecular weight is 204 g/mol. The lowest BCUT2D eigenvalue weighted by atomic mass is 9.92. The van der Waals surface area contributed by atoms with Crippen molar-refractivity contribution in [3.05, 3.63) is 0 Å². The van der Waals surface area contributed by atoms with E-state index in [2.05, 4.69) is 11.9 Å². The molecule has 78 valence electrons. The molecule has 1 fully saturated rings. The number of rotatable bonds is 7. The number of halogens is 1. The summed E-state index contributed by atoms with van der Waals surface area (Å²) in [5, 5.41) is 0. The monoisotopic (exact) mass is 203 g/mol. The predicted octanol–water partition coefficient (Wildman–Crippen LogP) is 3.27. The molecule has 0 N–H and O–H groups in total. The minimum atomic E-state index is 0.832. The van der Waals surface area contributed by atoms with E-state index >= 15 is 0 Å². The van der Waals surface area contributed by atoms with E-state index in [1.807, 2.05) is 0 Å². The molecule has 0 radical (unpaired) electrons. The van der Waals surface area contributed by atoms with Crippen molar-refractivity contribution in [1.29, 1.82) is 0 Å². The molecule has 1 saturated carbocycles. The zero-order valence-corrected chi connectivity index (χ0v) is 9.52. The molecule has 2 heteroatoms. The fraction of sp³-hybridized carbons (Fsp3) is 1.00. The molecule has 0 amide bonds. The molecule has 0 spiro atoms. The van der Waals surface area contributed by atoms with Gasteiger partial charge in [0.2, 0.25) is 0 Å². The van der Waals surface area contributed by atoms with Crippen LogP contribution in [0, 0.1) is 0 Å². The molecule has 1 rings (SSSR count). The summed E-state index contributed by atoms with van der Waals surface area (Å²) in [5.74, 6) is 0.832. The quantitative estimate of drug-likeness (QED) is 0.454. The van der Waals surface area contributed by atoms with Gasteiger partial charge < -0.3 is 4.90 Å². The Kier molecular flexibility index (Phi) is 5.81. The first-order chi connectivity index (χ1) is 6.34. The Balaban J connectivity index is 1.86. The third kappa shape index (κ3) is 4.33. The summed E-state index contributed by atoms with van der Waals surface area (Å²) >= 11 is 5.61. The van der Waals surface area contributed by atoms with Gasteiger partial charge in [-0.2, -0.15) is 0 Å². The summed E-state index contributed by atoms with van der Waals surface area (Å²) < 4.78 is 0. The molecule has 13 heavy (non-hydrogen) atoms. The number of alkyl halides is 1. The van der Waals surface area contributed by atoms with Crippen LogP contribution in [0.1, 0.15) is 44.9 Å². The summed E-state index contributed by atoms with van der Waals surface area (Å²) in [6.07, 6.45) is 9.50. The number of hydrogen-bond acceptors (Lipinski definition) is 1. The second-order valence-corrected chi connectivity index (χ2v) is 4.55. The Morgan fingerprint density at radius 3 is 2.38 bits per heavy atom. The van der Waals surface area contributed by atoms with Gasteiger partial charge in [0.05, 0.1) is 0 Å². The summed E-state index contributed by atoms with van der Waals surface area (Å²) in [6, 6.07) is 0.910. The molecule has 0 aromatic rings. The van der Waals surface area contributed by atoms with Crippen LogP contribution < -0.4 is 0 Å². The molecule has 0 aromatic heterocycles. The maximum Gasteiger partial charge on any atom is 0.0223 e. The van der Waals surface area contributed by atoms with Crippen molar-refractivity contribution < 1.29 is 0 Å². The van der Waals surface area contributed by atoms with Gasteiger partial charge in [-0.3, -0.25) is 0 Å². The zero-order valence-electron chi connectivity index (χ0n) is 8.77. The van der Waals surface area contributed by atoms with E-state index in [0.29, 0.717) is 0 Å². The first kappa shape index (κ1) is 11.3. The number of hydrogen-bond donors (Lipinski definition) is 0. The van der Waals surface area contributed by atoms with Gasteiger partial charge in [-0.05, 0) is 39.3 Å². The van der Waals surface area contributed by atoms with Crippen molar-refractivity contribution in [3.63, 3.8) is 0 Å². The molecular weight excluding hydrogens is 182 g/mol. The lowest BCUT2D eigenvalue weighted by molar-refractivity contribution is 0.157. The van der Waals surface area contributed by atoms with Gasteiger partial charge in [-0.1, -0.05) is 19.3 Å². The SMILES string of the molecule is CN(CCCCCCCl)C1CCC1. The van der Waals surface area contributed by atoms with Crippen LogP contribution in [0.15, 0.2) is 0 Å². The van der Waals surface area contributed by atoms with Crippen LogP contribution in [0.5, 0.6) is 0 Å². The fourth-order valence-corrected chi connectivity index (χ4v) is 2.01. The van der Waals surface area contributed by atoms with E-state index in [1.54, 1.807) is 0 Å². The van der Waals surface area contributed by atoms with Crippen molar-refractivity contribution in [1.82, 2.24) is 4.90 Å². The van der Waals surface area contributed by atoms with Crippen molar-refractivity contribution >= 4 is 11.6 Å². The van der Waals surface area contributed by atoms with Crippen LogP contribution in [0.25, 0.3) is 0 Å². The van der Waals surface area contributed by atoms with Gasteiger partial charge in [-0.25, -0.2) is 0 Å². The Morgan fingerprint density at radius 2 is 1.85 bits per heavy atom. The van der Waals surface area contributed by atoms with Crippen molar-refractivity contribution in [3.8, 4) is 0 Å². The second kappa shape index (κ2) is 6.67. The van der Waals surface area contributed by atoms with Gasteiger partial charge in [0.1, 0.15) is 0 Å². The van der Waals surface area contributed by atoms with Crippen LogP contribution in [0.4, 0.5) is 0 Å². The first-order valence-electron chi connectivity index (χ1n) is 5.61. The van der Waals surface area contributed by atoms with E-state index in [1.165, 1.54) is 51.5 Å². The maximum absolute atomic E-state index is 5.61. The van der Waals surface area contributed by atoms with Gasteiger partial charge in [0.25, 0.3) is 0 Å². The third-order valence-electron chi connectivity index (χ3n) is 3.09. The maximum atomic E-state index is 5.61. The van der Waals surface area contributed by atoms with Gasteiger partial charge in [0.15, 0.2) is 0 Å². The van der Waals surface area contributed by atoms with Crippen LogP contribution >= 0.6 is 11.6 Å². The molecule has 0 atom stereocenters. The highest BCUT2D eigenvalue weighted by Crippen LogP contribution is 2.23. The third-order valence-corrected chi connectivity index (χ3v) is 3.36. The Hall–Kier alpha value is 0.250. The van der Waals surface area contributed by atoms with E-state index in [9.17, 15) is 0 Å². The second-order valence-electron chi connectivity index (χ2n) is 4.17. The van der Waals surface area contributed by atoms with E-state index in [4.69, 9.17) is 11.6 Å². The highest BCUT2D eigenvalue weighted by molar-refractivity contribution is 6.17. The molecule has 0 aliphatic heterocycles. The molecule has 0 aromatic carbocycles. The molecular formula is C11H22ClN. The molecule has 0 heterocycles. The molecule has 1 nitrogen and oxygen atoms in total. The Labute approximate surface area is 87.4 Å². The summed E-state index contributed by atoms with van der Waals surface area (Å²) in [5.41, 5.74) is 0. The van der Waals surface area contributed by atoms with Crippen LogP contribution in [0.3, 0.4) is 0 Å². The molecule has 0 saturated heterocycles. The van der Waals surface area contributed by atoms with Crippen molar-refractivity contribution in [2.24, 2.45) is 0 Å². The van der Waals surface area contributed by atoms with Crippen molar-refractivity contribution in [2.45, 2.75) is 51.0 Å². The summed E-state index contributed by atoms with van der Waals surface area (Å²) in [7, 11) is 2.27. The average Bonchev–Trinajstić information content (AvgIpc) is 2.01. The Bertz CT molecular complexity index is 123. The zero-order chi connectivity index (χ0) is 9.52. The molecule has 0 bridgehead atoms. The lowest BCUT2D eigenvalue weighted by Gasteiger charge is -2.34. The summed E-state index contributed by atoms with van der Waals surface area (Å²) in [4.78, 5) is 2.53. The lowest BCUT2D eigenvalue weighted by Crippen LogP contribution is -2.37. The molecule has 1 aliphatic carbocycles. The largest absolute Gasteiger partial charge is 0.303 e. The standard InChI is InChI=1S/C11H22ClN/c1-13(11-7-6-8-11)10-5-3-2-4-9-12/h11H,2-10H2,1H3.